The molecule has 0 aliphatic rings. The molecule has 2 nitrogen and oxygen atoms in total. The largest absolute Gasteiger partial charge is 0.289 e. The van der Waals surface area contributed by atoms with Gasteiger partial charge in [-0.25, -0.2) is 0 Å². The minimum absolute atomic E-state index is 0.00889. The van der Waals surface area contributed by atoms with Gasteiger partial charge in [0.15, 0.2) is 11.6 Å². The summed E-state index contributed by atoms with van der Waals surface area (Å²) < 4.78 is 0. The molecule has 0 N–H and O–H groups in total. The van der Waals surface area contributed by atoms with Crippen molar-refractivity contribution in [3.05, 3.63) is 193 Å². The van der Waals surface area contributed by atoms with Crippen LogP contribution in [0.3, 0.4) is 0 Å². The molecular formula is C38H36O2. The van der Waals surface area contributed by atoms with Crippen LogP contribution in [0, 0.1) is 0 Å². The Morgan fingerprint density at radius 3 is 1.05 bits per heavy atom. The second-order valence-corrected chi connectivity index (χ2v) is 9.83. The summed E-state index contributed by atoms with van der Waals surface area (Å²) in [7, 11) is 0. The molecule has 200 valence electrons. The Kier molecular flexibility index (Phi) is 10.7. The number of hydrogen-bond acceptors (Lipinski definition) is 2. The van der Waals surface area contributed by atoms with Gasteiger partial charge < -0.3 is 0 Å². The quantitative estimate of drug-likeness (QED) is 0.118. The molecule has 0 aliphatic carbocycles. The van der Waals surface area contributed by atoms with Crippen molar-refractivity contribution < 1.29 is 9.59 Å². The summed E-state index contributed by atoms with van der Waals surface area (Å²) in [5, 5.41) is 0. The predicted molar refractivity (Wildman–Crippen MR) is 168 cm³/mol. The van der Waals surface area contributed by atoms with Gasteiger partial charge in [0.25, 0.3) is 0 Å². The van der Waals surface area contributed by atoms with Gasteiger partial charge in [-0.05, 0) is 37.1 Å². The van der Waals surface area contributed by atoms with E-state index in [1.54, 1.807) is 12.2 Å². The van der Waals surface area contributed by atoms with Crippen molar-refractivity contribution in [3.63, 3.8) is 0 Å². The molecule has 0 radical (unpaired) electrons. The number of allylic oxidation sites excluding steroid dienone is 6. The fourth-order valence-corrected chi connectivity index (χ4v) is 4.05. The average molecular weight is 525 g/mol. The molecule has 0 amide bonds. The van der Waals surface area contributed by atoms with Crippen molar-refractivity contribution in [1.82, 2.24) is 0 Å². The summed E-state index contributed by atoms with van der Waals surface area (Å²) in [6, 6.07) is 38.6. The third kappa shape index (κ3) is 8.09. The molecule has 0 heterocycles. The van der Waals surface area contributed by atoms with E-state index in [1.165, 1.54) is 0 Å². The summed E-state index contributed by atoms with van der Waals surface area (Å²) >= 11 is 0. The van der Waals surface area contributed by atoms with Crippen LogP contribution in [0.2, 0.25) is 0 Å². The van der Waals surface area contributed by atoms with Gasteiger partial charge in [0, 0.05) is 22.0 Å². The van der Waals surface area contributed by atoms with Gasteiger partial charge in [-0.1, -0.05) is 146 Å². The van der Waals surface area contributed by atoms with Crippen LogP contribution in [0.4, 0.5) is 0 Å². The standard InChI is InChI=1S/2C19H18O/c2*1-3-19(2,17-12-8-5-9-13-17)15-14-18(20)16-10-6-4-7-11-16/h2*3-15H,1H2,2H3/b15-14+;15-14-/t2*19-/m11/s1. The number of ketones is 2. The molecule has 0 bridgehead atoms. The van der Waals surface area contributed by atoms with E-state index in [-0.39, 0.29) is 22.4 Å². The summed E-state index contributed by atoms with van der Waals surface area (Å²) in [6.07, 6.45) is 10.8. The Morgan fingerprint density at radius 2 is 0.775 bits per heavy atom. The highest BCUT2D eigenvalue weighted by atomic mass is 16.1. The Morgan fingerprint density at radius 1 is 0.500 bits per heavy atom. The van der Waals surface area contributed by atoms with Gasteiger partial charge in [0.2, 0.25) is 0 Å². The molecule has 0 saturated carbocycles. The Labute approximate surface area is 238 Å². The third-order valence-electron chi connectivity index (χ3n) is 6.92. The zero-order chi connectivity index (χ0) is 28.8. The molecule has 0 aliphatic heterocycles. The zero-order valence-corrected chi connectivity index (χ0v) is 23.2. The molecule has 2 atom stereocenters. The van der Waals surface area contributed by atoms with E-state index in [4.69, 9.17) is 0 Å². The minimum Gasteiger partial charge on any atom is -0.289 e. The number of rotatable bonds is 10. The van der Waals surface area contributed by atoms with Gasteiger partial charge in [-0.2, -0.15) is 0 Å². The zero-order valence-electron chi connectivity index (χ0n) is 23.2. The summed E-state index contributed by atoms with van der Waals surface area (Å²) in [5.74, 6) is 0.0178. The van der Waals surface area contributed by atoms with Crippen LogP contribution in [0.25, 0.3) is 0 Å². The van der Waals surface area contributed by atoms with Crippen LogP contribution in [-0.2, 0) is 10.8 Å². The smallest absolute Gasteiger partial charge is 0.185 e. The molecule has 2 heteroatoms. The first kappa shape index (κ1) is 29.7. The SMILES string of the molecule is C=C[C@](C)(/C=C/C(=O)c1ccccc1)c1ccccc1.C=C[C@](C)(/C=C\C(=O)c1ccccc1)c1ccccc1. The van der Waals surface area contributed by atoms with Crippen molar-refractivity contribution in [3.8, 4) is 0 Å². The molecule has 0 aromatic heterocycles. The van der Waals surface area contributed by atoms with E-state index in [9.17, 15) is 9.59 Å². The van der Waals surface area contributed by atoms with E-state index in [2.05, 4.69) is 13.2 Å². The lowest BCUT2D eigenvalue weighted by atomic mass is 9.82. The topological polar surface area (TPSA) is 34.1 Å². The normalized spacial score (nSPS) is 13.8. The van der Waals surface area contributed by atoms with Gasteiger partial charge >= 0.3 is 0 Å². The lowest BCUT2D eigenvalue weighted by Crippen LogP contribution is -2.15. The van der Waals surface area contributed by atoms with Gasteiger partial charge in [0.05, 0.1) is 0 Å². The molecule has 40 heavy (non-hydrogen) atoms. The number of carbonyl (C=O) groups excluding carboxylic acids is 2. The molecule has 4 aromatic carbocycles. The lowest BCUT2D eigenvalue weighted by Gasteiger charge is -2.22. The molecule has 4 rings (SSSR count). The first-order valence-electron chi connectivity index (χ1n) is 13.3. The van der Waals surface area contributed by atoms with Crippen LogP contribution in [-0.4, -0.2) is 11.6 Å². The van der Waals surface area contributed by atoms with E-state index in [0.717, 1.165) is 11.1 Å². The first-order chi connectivity index (χ1) is 19.3. The van der Waals surface area contributed by atoms with Crippen molar-refractivity contribution in [2.45, 2.75) is 24.7 Å². The Balaban J connectivity index is 0.000000220. The highest BCUT2D eigenvalue weighted by Gasteiger charge is 2.20. The van der Waals surface area contributed by atoms with Gasteiger partial charge in [-0.15, -0.1) is 13.2 Å². The van der Waals surface area contributed by atoms with Crippen LogP contribution >= 0.6 is 0 Å². The highest BCUT2D eigenvalue weighted by Crippen LogP contribution is 2.27. The monoisotopic (exact) mass is 524 g/mol. The second-order valence-electron chi connectivity index (χ2n) is 9.83. The van der Waals surface area contributed by atoms with Crippen molar-refractivity contribution in [2.24, 2.45) is 0 Å². The van der Waals surface area contributed by atoms with Crippen LogP contribution < -0.4 is 0 Å². The van der Waals surface area contributed by atoms with Crippen molar-refractivity contribution in [1.29, 1.82) is 0 Å². The van der Waals surface area contributed by atoms with Gasteiger partial charge in [0.1, 0.15) is 0 Å². The number of hydrogen-bond donors (Lipinski definition) is 0. The average Bonchev–Trinajstić information content (AvgIpc) is 3.04. The number of carbonyl (C=O) groups is 2. The highest BCUT2D eigenvalue weighted by molar-refractivity contribution is 6.05. The van der Waals surface area contributed by atoms with E-state index < -0.39 is 0 Å². The van der Waals surface area contributed by atoms with E-state index in [0.29, 0.717) is 11.1 Å². The van der Waals surface area contributed by atoms with Gasteiger partial charge in [-0.3, -0.25) is 9.59 Å². The molecule has 0 saturated heterocycles. The summed E-state index contributed by atoms with van der Waals surface area (Å²) in [5.41, 5.74) is 2.95. The van der Waals surface area contributed by atoms with Crippen LogP contribution in [0.15, 0.2) is 171 Å². The number of benzene rings is 4. The fraction of sp³-hybridized carbons (Fsp3) is 0.105. The maximum atomic E-state index is 12.1. The lowest BCUT2D eigenvalue weighted by molar-refractivity contribution is 0.103. The first-order valence-corrected chi connectivity index (χ1v) is 13.3. The molecule has 0 fully saturated rings. The van der Waals surface area contributed by atoms with E-state index in [1.807, 2.05) is 159 Å². The van der Waals surface area contributed by atoms with E-state index >= 15 is 0 Å². The maximum Gasteiger partial charge on any atom is 0.185 e. The molecule has 4 aromatic rings. The minimum atomic E-state index is -0.342. The van der Waals surface area contributed by atoms with Crippen LogP contribution in [0.1, 0.15) is 45.7 Å². The van der Waals surface area contributed by atoms with Crippen LogP contribution in [0.5, 0.6) is 0 Å². The second kappa shape index (κ2) is 14.4. The fourth-order valence-electron chi connectivity index (χ4n) is 4.05. The Bertz CT molecular complexity index is 1340. The Hall–Kier alpha value is -4.82. The third-order valence-corrected chi connectivity index (χ3v) is 6.92. The molecule has 0 spiro atoms. The van der Waals surface area contributed by atoms with Crippen molar-refractivity contribution in [2.75, 3.05) is 0 Å². The van der Waals surface area contributed by atoms with Crippen molar-refractivity contribution >= 4 is 11.6 Å². The summed E-state index contributed by atoms with van der Waals surface area (Å²) in [4.78, 5) is 24.2. The predicted octanol–water partition coefficient (Wildman–Crippen LogP) is 9.14. The molecule has 0 unspecified atom stereocenters. The maximum absolute atomic E-state index is 12.1. The molecular weight excluding hydrogens is 488 g/mol. The summed E-state index contributed by atoms with van der Waals surface area (Å²) in [6.45, 7) is 11.9.